The fraction of sp³-hybridized carbons (Fsp3) is 0.600. The maximum atomic E-state index is 12.4. The highest BCUT2D eigenvalue weighted by atomic mass is 32.1. The van der Waals surface area contributed by atoms with Gasteiger partial charge >= 0.3 is 0 Å². The van der Waals surface area contributed by atoms with E-state index in [0.29, 0.717) is 0 Å². The number of fused-ring (bicyclic) bond motifs is 2. The van der Waals surface area contributed by atoms with Gasteiger partial charge in [0.05, 0.1) is 17.7 Å². The van der Waals surface area contributed by atoms with Crippen molar-refractivity contribution in [1.82, 2.24) is 20.0 Å². The molecule has 146 valence electrons. The molecule has 0 aliphatic carbocycles. The van der Waals surface area contributed by atoms with Gasteiger partial charge in [-0.15, -0.1) is 11.3 Å². The normalized spacial score (nSPS) is 19.4. The maximum absolute atomic E-state index is 12.4. The molecule has 0 unspecified atom stereocenters. The number of hydrogen-bond donors (Lipinski definition) is 1. The van der Waals surface area contributed by atoms with Gasteiger partial charge < -0.3 is 10.1 Å². The van der Waals surface area contributed by atoms with Gasteiger partial charge in [0.15, 0.2) is 0 Å². The first-order valence-electron chi connectivity index (χ1n) is 9.73. The van der Waals surface area contributed by atoms with Crippen molar-refractivity contribution in [1.29, 1.82) is 0 Å². The quantitative estimate of drug-likeness (QED) is 0.875. The van der Waals surface area contributed by atoms with Gasteiger partial charge in [0.25, 0.3) is 5.91 Å². The zero-order valence-electron chi connectivity index (χ0n) is 16.3. The van der Waals surface area contributed by atoms with Crippen LogP contribution in [0.1, 0.15) is 52.4 Å². The van der Waals surface area contributed by atoms with Crippen LogP contribution in [0.4, 0.5) is 0 Å². The SMILES string of the molecule is CC(C)NC(=O)c1cc2c(s1)C1(CCN(Cc3cnn(C)c3)CC1)OCC2. The van der Waals surface area contributed by atoms with Crippen molar-refractivity contribution < 1.29 is 9.53 Å². The number of rotatable bonds is 4. The molecule has 0 saturated carbocycles. The van der Waals surface area contributed by atoms with Crippen molar-refractivity contribution in [2.24, 2.45) is 7.05 Å². The van der Waals surface area contributed by atoms with Crippen LogP contribution in [-0.2, 0) is 30.4 Å². The molecule has 4 heterocycles. The van der Waals surface area contributed by atoms with Gasteiger partial charge in [-0.05, 0) is 44.7 Å². The van der Waals surface area contributed by atoms with Crippen molar-refractivity contribution >= 4 is 17.2 Å². The van der Waals surface area contributed by atoms with E-state index in [4.69, 9.17) is 4.74 Å². The molecule has 2 aromatic rings. The summed E-state index contributed by atoms with van der Waals surface area (Å²) in [5.74, 6) is 0.0357. The van der Waals surface area contributed by atoms with Crippen molar-refractivity contribution in [3.05, 3.63) is 39.3 Å². The van der Waals surface area contributed by atoms with Crippen LogP contribution >= 0.6 is 11.3 Å². The molecule has 1 saturated heterocycles. The average molecular weight is 389 g/mol. The molecule has 1 amide bonds. The van der Waals surface area contributed by atoms with Crippen LogP contribution in [0.2, 0.25) is 0 Å². The third kappa shape index (κ3) is 3.81. The summed E-state index contributed by atoms with van der Waals surface area (Å²) in [6.07, 6.45) is 6.89. The molecule has 1 spiro atoms. The first-order chi connectivity index (χ1) is 12.9. The van der Waals surface area contributed by atoms with Crippen LogP contribution in [0, 0.1) is 0 Å². The van der Waals surface area contributed by atoms with Gasteiger partial charge in [-0.3, -0.25) is 14.4 Å². The van der Waals surface area contributed by atoms with E-state index in [2.05, 4.69) is 27.6 Å². The van der Waals surface area contributed by atoms with Crippen molar-refractivity contribution in [2.75, 3.05) is 19.7 Å². The Balaban J connectivity index is 1.47. The lowest BCUT2D eigenvalue weighted by atomic mass is 9.85. The van der Waals surface area contributed by atoms with E-state index in [0.717, 1.165) is 50.4 Å². The highest BCUT2D eigenvalue weighted by molar-refractivity contribution is 7.14. The summed E-state index contributed by atoms with van der Waals surface area (Å²) in [6.45, 7) is 7.67. The Morgan fingerprint density at radius 2 is 2.19 bits per heavy atom. The summed E-state index contributed by atoms with van der Waals surface area (Å²) in [6, 6.07) is 2.24. The Bertz CT molecular complexity index is 818. The van der Waals surface area contributed by atoms with Crippen LogP contribution < -0.4 is 5.32 Å². The molecule has 2 aromatic heterocycles. The fourth-order valence-corrected chi connectivity index (χ4v) is 5.44. The van der Waals surface area contributed by atoms with Crippen molar-refractivity contribution in [3.8, 4) is 0 Å². The third-order valence-electron chi connectivity index (χ3n) is 5.44. The molecule has 1 fully saturated rings. The number of carbonyl (C=O) groups excluding carboxylic acids is 1. The number of piperidine rings is 1. The van der Waals surface area contributed by atoms with Crippen LogP contribution in [0.5, 0.6) is 0 Å². The number of amides is 1. The minimum atomic E-state index is -0.208. The average Bonchev–Trinajstić information content (AvgIpc) is 3.24. The molecule has 0 aromatic carbocycles. The molecule has 0 atom stereocenters. The van der Waals surface area contributed by atoms with E-state index in [1.54, 1.807) is 11.3 Å². The molecule has 1 N–H and O–H groups in total. The van der Waals surface area contributed by atoms with Gasteiger partial charge in [0.2, 0.25) is 0 Å². The second kappa shape index (κ2) is 7.37. The summed E-state index contributed by atoms with van der Waals surface area (Å²) in [4.78, 5) is 17.0. The standard InChI is InChI=1S/C20H28N4O2S/c1-14(2)22-19(25)17-10-16-4-9-26-20(18(16)27-17)5-7-24(8-6-20)13-15-11-21-23(3)12-15/h10-12,14H,4-9,13H2,1-3H3,(H,22,25). The fourth-order valence-electron chi connectivity index (χ4n) is 4.12. The predicted molar refractivity (Wildman–Crippen MR) is 106 cm³/mol. The van der Waals surface area contributed by atoms with Crippen molar-refractivity contribution in [3.63, 3.8) is 0 Å². The largest absolute Gasteiger partial charge is 0.369 e. The number of likely N-dealkylation sites (tertiary alicyclic amines) is 1. The summed E-state index contributed by atoms with van der Waals surface area (Å²) in [5, 5.41) is 7.27. The number of aromatic nitrogens is 2. The molecule has 2 aliphatic heterocycles. The molecular formula is C20H28N4O2S. The van der Waals surface area contributed by atoms with Gasteiger partial charge in [0.1, 0.15) is 5.60 Å². The Hall–Kier alpha value is -1.70. The van der Waals surface area contributed by atoms with E-state index < -0.39 is 0 Å². The van der Waals surface area contributed by atoms with Gasteiger partial charge in [-0.25, -0.2) is 0 Å². The number of nitrogens with one attached hydrogen (secondary N) is 1. The minimum Gasteiger partial charge on any atom is -0.369 e. The van der Waals surface area contributed by atoms with Gasteiger partial charge in [-0.1, -0.05) is 0 Å². The van der Waals surface area contributed by atoms with Crippen LogP contribution in [0.15, 0.2) is 18.5 Å². The minimum absolute atomic E-state index is 0.0357. The third-order valence-corrected chi connectivity index (χ3v) is 6.81. The number of aryl methyl sites for hydroxylation is 1. The van der Waals surface area contributed by atoms with E-state index in [-0.39, 0.29) is 17.6 Å². The molecule has 6 nitrogen and oxygen atoms in total. The zero-order chi connectivity index (χ0) is 19.0. The molecule has 4 rings (SSSR count). The van der Waals surface area contributed by atoms with Crippen LogP contribution in [0.25, 0.3) is 0 Å². The summed E-state index contributed by atoms with van der Waals surface area (Å²) in [5.41, 5.74) is 2.35. The second-order valence-corrected chi connectivity index (χ2v) is 9.04. The first kappa shape index (κ1) is 18.7. The number of carbonyl (C=O) groups is 1. The number of thiophene rings is 1. The zero-order valence-corrected chi connectivity index (χ0v) is 17.1. The second-order valence-electron chi connectivity index (χ2n) is 7.98. The molecule has 27 heavy (non-hydrogen) atoms. The number of ether oxygens (including phenoxy) is 1. The Labute approximate surface area is 164 Å². The lowest BCUT2D eigenvalue weighted by Crippen LogP contribution is -2.45. The highest BCUT2D eigenvalue weighted by Crippen LogP contribution is 2.45. The van der Waals surface area contributed by atoms with Crippen molar-refractivity contribution in [2.45, 2.75) is 51.3 Å². The Morgan fingerprint density at radius 1 is 1.41 bits per heavy atom. The molecule has 0 bridgehead atoms. The molecular weight excluding hydrogens is 360 g/mol. The van der Waals surface area contributed by atoms with Gasteiger partial charge in [0, 0.05) is 49.4 Å². The van der Waals surface area contributed by atoms with Crippen LogP contribution in [-0.4, -0.2) is 46.3 Å². The Morgan fingerprint density at radius 3 is 2.85 bits per heavy atom. The molecule has 0 radical (unpaired) electrons. The maximum Gasteiger partial charge on any atom is 0.261 e. The van der Waals surface area contributed by atoms with E-state index in [1.165, 1.54) is 16.0 Å². The lowest BCUT2D eigenvalue weighted by molar-refractivity contribution is -0.0960. The molecule has 2 aliphatic rings. The topological polar surface area (TPSA) is 59.4 Å². The van der Waals surface area contributed by atoms with E-state index in [9.17, 15) is 4.79 Å². The Kier molecular flexibility index (Phi) is 5.09. The van der Waals surface area contributed by atoms with E-state index >= 15 is 0 Å². The smallest absolute Gasteiger partial charge is 0.261 e. The number of hydrogen-bond acceptors (Lipinski definition) is 5. The lowest BCUT2D eigenvalue weighted by Gasteiger charge is -2.43. The summed E-state index contributed by atoms with van der Waals surface area (Å²) < 4.78 is 8.20. The predicted octanol–water partition coefficient (Wildman–Crippen LogP) is 2.68. The van der Waals surface area contributed by atoms with Crippen LogP contribution in [0.3, 0.4) is 0 Å². The van der Waals surface area contributed by atoms with Gasteiger partial charge in [-0.2, -0.15) is 5.10 Å². The number of nitrogens with zero attached hydrogens (tertiary/aromatic N) is 3. The summed E-state index contributed by atoms with van der Waals surface area (Å²) >= 11 is 1.63. The monoisotopic (exact) mass is 388 g/mol. The highest BCUT2D eigenvalue weighted by Gasteiger charge is 2.42. The summed E-state index contributed by atoms with van der Waals surface area (Å²) in [7, 11) is 1.95. The van der Waals surface area contributed by atoms with E-state index in [1.807, 2.05) is 31.8 Å². The first-order valence-corrected chi connectivity index (χ1v) is 10.5. The molecule has 7 heteroatoms.